The topological polar surface area (TPSA) is 57.0 Å². The smallest absolute Gasteiger partial charge is 0.356 e. The van der Waals surface area contributed by atoms with Crippen molar-refractivity contribution in [3.05, 3.63) is 59.4 Å². The monoisotopic (exact) mass is 299 g/mol. The molecule has 0 saturated carbocycles. The van der Waals surface area contributed by atoms with Gasteiger partial charge in [-0.3, -0.25) is 0 Å². The molecule has 0 unspecified atom stereocenters. The lowest BCUT2D eigenvalue weighted by molar-refractivity contribution is 0.0594. The lowest BCUT2D eigenvalue weighted by Gasteiger charge is -2.07. The third-order valence-electron chi connectivity index (χ3n) is 3.50. The Kier molecular flexibility index (Phi) is 3.58. The molecule has 0 aliphatic carbocycles. The van der Waals surface area contributed by atoms with Crippen molar-refractivity contribution in [3.8, 4) is 0 Å². The zero-order valence-electron chi connectivity index (χ0n) is 12.2. The molecule has 0 N–H and O–H groups in total. The number of methoxy groups -OCH3 is 1. The molecule has 0 aliphatic heterocycles. The highest BCUT2D eigenvalue weighted by Crippen LogP contribution is 2.22. The summed E-state index contributed by atoms with van der Waals surface area (Å²) in [6.45, 7) is 0. The lowest BCUT2D eigenvalue weighted by Crippen LogP contribution is -2.07. The fraction of sp³-hybridized carbons (Fsp3) is 0.188. The average molecular weight is 299 g/mol. The summed E-state index contributed by atoms with van der Waals surface area (Å²) in [5.41, 5.74) is 2.59. The number of fused-ring (bicyclic) bond motifs is 1. The Bertz CT molecular complexity index is 858. The van der Waals surface area contributed by atoms with Crippen LogP contribution in [0.25, 0.3) is 11.0 Å². The maximum Gasteiger partial charge on any atom is 0.356 e. The SMILES string of the molecule is COC(=O)c1cc(Cc2ccnc(F)c2)c2ccn(C)c2n1. The van der Waals surface area contributed by atoms with Crippen LogP contribution >= 0.6 is 0 Å². The van der Waals surface area contributed by atoms with Crippen molar-refractivity contribution in [1.82, 2.24) is 14.5 Å². The summed E-state index contributed by atoms with van der Waals surface area (Å²) in [5.74, 6) is -1.02. The standard InChI is InChI=1S/C16H14FN3O2/c1-20-6-4-12-11(7-10-3-5-18-14(17)8-10)9-13(16(21)22-2)19-15(12)20/h3-6,8-9H,7H2,1-2H3. The maximum absolute atomic E-state index is 13.2. The van der Waals surface area contributed by atoms with Gasteiger partial charge in [-0.25, -0.2) is 14.8 Å². The minimum absolute atomic E-state index is 0.237. The molecule has 3 aromatic heterocycles. The van der Waals surface area contributed by atoms with Gasteiger partial charge in [-0.05, 0) is 41.8 Å². The Labute approximate surface area is 126 Å². The average Bonchev–Trinajstić information content (AvgIpc) is 2.88. The van der Waals surface area contributed by atoms with E-state index in [0.29, 0.717) is 12.1 Å². The van der Waals surface area contributed by atoms with Gasteiger partial charge in [0.05, 0.1) is 7.11 Å². The van der Waals surface area contributed by atoms with Gasteiger partial charge in [0.15, 0.2) is 5.69 Å². The number of halogens is 1. The van der Waals surface area contributed by atoms with Crippen molar-refractivity contribution in [2.45, 2.75) is 6.42 Å². The van der Waals surface area contributed by atoms with Gasteiger partial charge in [0.1, 0.15) is 5.65 Å². The molecule has 6 heteroatoms. The van der Waals surface area contributed by atoms with Gasteiger partial charge >= 0.3 is 5.97 Å². The zero-order chi connectivity index (χ0) is 15.7. The molecule has 0 saturated heterocycles. The van der Waals surface area contributed by atoms with E-state index in [9.17, 15) is 9.18 Å². The number of carbonyl (C=O) groups excluding carboxylic acids is 1. The van der Waals surface area contributed by atoms with Gasteiger partial charge in [0, 0.05) is 24.8 Å². The highest BCUT2D eigenvalue weighted by molar-refractivity contribution is 5.92. The largest absolute Gasteiger partial charge is 0.464 e. The Morgan fingerprint density at radius 2 is 2.18 bits per heavy atom. The van der Waals surface area contributed by atoms with E-state index in [1.165, 1.54) is 19.4 Å². The molecular weight excluding hydrogens is 285 g/mol. The molecule has 0 spiro atoms. The summed E-state index contributed by atoms with van der Waals surface area (Å²) in [6, 6.07) is 6.74. The predicted octanol–water partition coefficient (Wildman–Crippen LogP) is 2.48. The van der Waals surface area contributed by atoms with E-state index in [1.54, 1.807) is 12.1 Å². The Morgan fingerprint density at radius 3 is 2.91 bits per heavy atom. The summed E-state index contributed by atoms with van der Waals surface area (Å²) in [5, 5.41) is 0.923. The fourth-order valence-electron chi connectivity index (χ4n) is 2.43. The third kappa shape index (κ3) is 2.55. The molecule has 0 aliphatic rings. The number of hydrogen-bond acceptors (Lipinski definition) is 4. The molecule has 3 heterocycles. The van der Waals surface area contributed by atoms with Gasteiger partial charge in [0.2, 0.25) is 5.95 Å². The second-order valence-corrected chi connectivity index (χ2v) is 4.99. The highest BCUT2D eigenvalue weighted by Gasteiger charge is 2.14. The molecule has 3 aromatic rings. The number of aryl methyl sites for hydroxylation is 1. The van der Waals surface area contributed by atoms with E-state index in [-0.39, 0.29) is 5.69 Å². The molecule has 0 radical (unpaired) electrons. The highest BCUT2D eigenvalue weighted by atomic mass is 19.1. The first-order valence-corrected chi connectivity index (χ1v) is 6.72. The molecule has 0 bridgehead atoms. The van der Waals surface area contributed by atoms with E-state index < -0.39 is 11.9 Å². The summed E-state index contributed by atoms with van der Waals surface area (Å²) in [4.78, 5) is 19.7. The van der Waals surface area contributed by atoms with Crippen molar-refractivity contribution in [1.29, 1.82) is 0 Å². The molecule has 5 nitrogen and oxygen atoms in total. The van der Waals surface area contributed by atoms with Crippen LogP contribution in [0.1, 0.15) is 21.6 Å². The Morgan fingerprint density at radius 1 is 1.36 bits per heavy atom. The van der Waals surface area contributed by atoms with E-state index in [2.05, 4.69) is 9.97 Å². The predicted molar refractivity (Wildman–Crippen MR) is 79.1 cm³/mol. The van der Waals surface area contributed by atoms with E-state index >= 15 is 0 Å². The van der Waals surface area contributed by atoms with Crippen LogP contribution in [0.5, 0.6) is 0 Å². The fourth-order valence-corrected chi connectivity index (χ4v) is 2.43. The summed E-state index contributed by atoms with van der Waals surface area (Å²) >= 11 is 0. The molecule has 3 rings (SSSR count). The van der Waals surface area contributed by atoms with Gasteiger partial charge in [0.25, 0.3) is 0 Å². The number of aromatic nitrogens is 3. The van der Waals surface area contributed by atoms with Crippen LogP contribution in [0, 0.1) is 5.95 Å². The third-order valence-corrected chi connectivity index (χ3v) is 3.50. The number of ether oxygens (including phenoxy) is 1. The van der Waals surface area contributed by atoms with Gasteiger partial charge in [-0.1, -0.05) is 0 Å². The number of carbonyl (C=O) groups is 1. The Hall–Kier alpha value is -2.76. The van der Waals surface area contributed by atoms with Crippen LogP contribution in [0.3, 0.4) is 0 Å². The molecule has 0 atom stereocenters. The number of hydrogen-bond donors (Lipinski definition) is 0. The normalized spacial score (nSPS) is 10.9. The minimum atomic E-state index is -0.524. The van der Waals surface area contributed by atoms with Crippen LogP contribution in [-0.2, 0) is 18.2 Å². The summed E-state index contributed by atoms with van der Waals surface area (Å²) in [6.07, 6.45) is 3.77. The molecule has 22 heavy (non-hydrogen) atoms. The maximum atomic E-state index is 13.2. The molecular formula is C16H14FN3O2. The number of nitrogens with zero attached hydrogens (tertiary/aromatic N) is 3. The second-order valence-electron chi connectivity index (χ2n) is 4.99. The lowest BCUT2D eigenvalue weighted by atomic mass is 10.0. The Balaban J connectivity index is 2.12. The van der Waals surface area contributed by atoms with Crippen molar-refractivity contribution >= 4 is 17.0 Å². The van der Waals surface area contributed by atoms with Crippen LogP contribution in [0.4, 0.5) is 4.39 Å². The molecule has 0 amide bonds. The van der Waals surface area contributed by atoms with E-state index in [0.717, 1.165) is 16.5 Å². The zero-order valence-corrected chi connectivity index (χ0v) is 12.2. The molecule has 0 fully saturated rings. The van der Waals surface area contributed by atoms with Crippen molar-refractivity contribution in [2.75, 3.05) is 7.11 Å². The quantitative estimate of drug-likeness (QED) is 0.551. The first-order chi connectivity index (χ1) is 10.6. The van der Waals surface area contributed by atoms with Gasteiger partial charge < -0.3 is 9.30 Å². The number of pyridine rings is 2. The number of esters is 1. The van der Waals surface area contributed by atoms with Crippen molar-refractivity contribution in [2.24, 2.45) is 7.05 Å². The minimum Gasteiger partial charge on any atom is -0.464 e. The van der Waals surface area contributed by atoms with Crippen molar-refractivity contribution in [3.63, 3.8) is 0 Å². The number of rotatable bonds is 3. The summed E-state index contributed by atoms with van der Waals surface area (Å²) < 4.78 is 19.8. The van der Waals surface area contributed by atoms with Crippen LogP contribution in [0.15, 0.2) is 36.7 Å². The molecule has 0 aromatic carbocycles. The van der Waals surface area contributed by atoms with E-state index in [4.69, 9.17) is 4.74 Å². The van der Waals surface area contributed by atoms with Crippen LogP contribution < -0.4 is 0 Å². The summed E-state index contributed by atoms with van der Waals surface area (Å²) in [7, 11) is 3.17. The van der Waals surface area contributed by atoms with Gasteiger partial charge in [-0.15, -0.1) is 0 Å². The first-order valence-electron chi connectivity index (χ1n) is 6.72. The van der Waals surface area contributed by atoms with E-state index in [1.807, 2.05) is 23.9 Å². The van der Waals surface area contributed by atoms with Crippen LogP contribution in [0.2, 0.25) is 0 Å². The first kappa shape index (κ1) is 14.2. The second kappa shape index (κ2) is 5.55. The van der Waals surface area contributed by atoms with Crippen molar-refractivity contribution < 1.29 is 13.9 Å². The van der Waals surface area contributed by atoms with Crippen LogP contribution in [-0.4, -0.2) is 27.6 Å². The molecule has 112 valence electrons. The van der Waals surface area contributed by atoms with Gasteiger partial charge in [-0.2, -0.15) is 4.39 Å².